The summed E-state index contributed by atoms with van der Waals surface area (Å²) in [6, 6.07) is 14.0. The molecule has 3 rings (SSSR count). The average molecular weight is 503 g/mol. The molecular weight excluding hydrogens is 472 g/mol. The molecule has 0 bridgehead atoms. The van der Waals surface area contributed by atoms with Crippen LogP contribution in [0.4, 0.5) is 6.01 Å². The van der Waals surface area contributed by atoms with Gasteiger partial charge in [-0.15, -0.1) is 16.9 Å². The molecule has 0 radical (unpaired) electrons. The van der Waals surface area contributed by atoms with E-state index in [0.717, 1.165) is 24.2 Å². The van der Waals surface area contributed by atoms with E-state index in [9.17, 15) is 13.2 Å². The van der Waals surface area contributed by atoms with Crippen LogP contribution in [-0.2, 0) is 16.4 Å². The van der Waals surface area contributed by atoms with E-state index in [1.165, 1.54) is 33.5 Å². The number of aromatic nitrogens is 2. The predicted octanol–water partition coefficient (Wildman–Crippen LogP) is 4.84. The number of hydrogen-bond donors (Lipinski definition) is 1. The summed E-state index contributed by atoms with van der Waals surface area (Å²) in [6.07, 6.45) is 1.92. The molecule has 0 spiro atoms. The molecule has 0 aliphatic carbocycles. The Hall–Kier alpha value is -2.69. The van der Waals surface area contributed by atoms with Crippen molar-refractivity contribution in [1.82, 2.24) is 14.5 Å². The number of thioether (sulfide) groups is 1. The van der Waals surface area contributed by atoms with Crippen molar-refractivity contribution in [3.8, 4) is 0 Å². The maximum Gasteiger partial charge on any atom is 0.322 e. The lowest BCUT2D eigenvalue weighted by atomic mass is 10.1. The minimum atomic E-state index is -3.60. The molecule has 0 aliphatic heterocycles. The lowest BCUT2D eigenvalue weighted by Crippen LogP contribution is -2.32. The number of nitrogens with one attached hydrogen (secondary N) is 1. The third-order valence-electron chi connectivity index (χ3n) is 4.98. The van der Waals surface area contributed by atoms with Crippen molar-refractivity contribution in [3.05, 3.63) is 65.5 Å². The van der Waals surface area contributed by atoms with Gasteiger partial charge in [-0.05, 0) is 60.6 Å². The van der Waals surface area contributed by atoms with Crippen molar-refractivity contribution < 1.29 is 17.6 Å². The summed E-state index contributed by atoms with van der Waals surface area (Å²) in [4.78, 5) is 13.9. The van der Waals surface area contributed by atoms with Gasteiger partial charge in [0.15, 0.2) is 0 Å². The Bertz CT molecular complexity index is 1170. The summed E-state index contributed by atoms with van der Waals surface area (Å²) in [6.45, 7) is 6.91. The van der Waals surface area contributed by atoms with E-state index in [2.05, 4.69) is 34.6 Å². The lowest BCUT2D eigenvalue weighted by Gasteiger charge is -2.21. The molecule has 10 heteroatoms. The van der Waals surface area contributed by atoms with Gasteiger partial charge in [0.2, 0.25) is 15.9 Å². The maximum atomic E-state index is 12.9. The Kier molecular flexibility index (Phi) is 9.26. The summed E-state index contributed by atoms with van der Waals surface area (Å²) >= 11 is 1.77. The first kappa shape index (κ1) is 25.9. The summed E-state index contributed by atoms with van der Waals surface area (Å²) in [5, 5.41) is 10.5. The van der Waals surface area contributed by atoms with E-state index in [-0.39, 0.29) is 10.9 Å². The van der Waals surface area contributed by atoms with Crippen molar-refractivity contribution >= 4 is 33.7 Å². The van der Waals surface area contributed by atoms with E-state index in [0.29, 0.717) is 31.0 Å². The minimum Gasteiger partial charge on any atom is -0.407 e. The van der Waals surface area contributed by atoms with Crippen LogP contribution in [0, 0.1) is 0 Å². The van der Waals surface area contributed by atoms with Gasteiger partial charge in [-0.25, -0.2) is 8.42 Å². The molecule has 34 heavy (non-hydrogen) atoms. The highest BCUT2D eigenvalue weighted by molar-refractivity contribution is 7.99. The molecule has 0 fully saturated rings. The molecule has 182 valence electrons. The second-order valence-electron chi connectivity index (χ2n) is 7.64. The van der Waals surface area contributed by atoms with Crippen LogP contribution in [0.3, 0.4) is 0 Å². The first-order valence-electron chi connectivity index (χ1n) is 11.3. The third kappa shape index (κ3) is 6.68. The van der Waals surface area contributed by atoms with Crippen molar-refractivity contribution in [2.45, 2.75) is 49.8 Å². The van der Waals surface area contributed by atoms with Gasteiger partial charge < -0.3 is 4.42 Å². The van der Waals surface area contributed by atoms with E-state index in [1.807, 2.05) is 26.0 Å². The van der Waals surface area contributed by atoms with Crippen molar-refractivity contribution in [2.75, 3.05) is 24.2 Å². The maximum absolute atomic E-state index is 12.9. The fourth-order valence-electron chi connectivity index (χ4n) is 3.37. The van der Waals surface area contributed by atoms with Gasteiger partial charge in [-0.1, -0.05) is 38.0 Å². The monoisotopic (exact) mass is 502 g/mol. The Morgan fingerprint density at radius 3 is 2.21 bits per heavy atom. The lowest BCUT2D eigenvalue weighted by molar-refractivity contribution is 0.102. The minimum absolute atomic E-state index is 0.00748. The standard InChI is InChI=1S/C24H30N4O4S2/c1-4-15-28(16-5-2)34(30,31)21-13-9-19(10-14-21)23(29)25-24-27-26-22(32-24)17-18-7-11-20(12-8-18)33-6-3/h7-14H,4-6,15-17H2,1-3H3,(H,25,27,29). The SMILES string of the molecule is CCCN(CCC)S(=O)(=O)c1ccc(C(=O)Nc2nnc(Cc3ccc(SCC)cc3)o2)cc1. The fraction of sp³-hybridized carbons (Fsp3) is 0.375. The highest BCUT2D eigenvalue weighted by atomic mass is 32.2. The van der Waals surface area contributed by atoms with Gasteiger partial charge in [0.25, 0.3) is 5.91 Å². The number of benzene rings is 2. The molecule has 1 N–H and O–H groups in total. The third-order valence-corrected chi connectivity index (χ3v) is 7.78. The molecule has 0 atom stereocenters. The molecule has 1 heterocycles. The van der Waals surface area contributed by atoms with Gasteiger partial charge in [0.1, 0.15) is 0 Å². The van der Waals surface area contributed by atoms with Crippen LogP contribution in [-0.4, -0.2) is 47.7 Å². The van der Waals surface area contributed by atoms with Crippen LogP contribution >= 0.6 is 11.8 Å². The molecule has 0 unspecified atom stereocenters. The number of sulfonamides is 1. The Morgan fingerprint density at radius 2 is 1.62 bits per heavy atom. The first-order valence-corrected chi connectivity index (χ1v) is 13.8. The zero-order valence-electron chi connectivity index (χ0n) is 19.7. The normalized spacial score (nSPS) is 11.6. The molecular formula is C24H30N4O4S2. The summed E-state index contributed by atoms with van der Waals surface area (Å²) < 4.78 is 32.8. The van der Waals surface area contributed by atoms with Crippen molar-refractivity contribution in [1.29, 1.82) is 0 Å². The predicted molar refractivity (Wildman–Crippen MR) is 134 cm³/mol. The first-order chi connectivity index (χ1) is 16.4. The molecule has 2 aromatic carbocycles. The van der Waals surface area contributed by atoms with Gasteiger partial charge in [-0.2, -0.15) is 4.31 Å². The number of amides is 1. The van der Waals surface area contributed by atoms with Crippen LogP contribution in [0.15, 0.2) is 62.7 Å². The molecule has 1 aromatic heterocycles. The van der Waals surface area contributed by atoms with Crippen LogP contribution in [0.25, 0.3) is 0 Å². The molecule has 0 aliphatic rings. The van der Waals surface area contributed by atoms with Crippen LogP contribution in [0.5, 0.6) is 0 Å². The largest absolute Gasteiger partial charge is 0.407 e. The number of carbonyl (C=O) groups excluding carboxylic acids is 1. The average Bonchev–Trinajstić information content (AvgIpc) is 3.27. The Balaban J connectivity index is 1.63. The highest BCUT2D eigenvalue weighted by Crippen LogP contribution is 2.20. The summed E-state index contributed by atoms with van der Waals surface area (Å²) in [5.74, 6) is 0.944. The quantitative estimate of drug-likeness (QED) is 0.353. The topological polar surface area (TPSA) is 105 Å². The molecule has 1 amide bonds. The van der Waals surface area contributed by atoms with E-state index in [4.69, 9.17) is 4.42 Å². The Morgan fingerprint density at radius 1 is 0.971 bits per heavy atom. The number of nitrogens with zero attached hydrogens (tertiary/aromatic N) is 3. The van der Waals surface area contributed by atoms with Crippen molar-refractivity contribution in [3.63, 3.8) is 0 Å². The highest BCUT2D eigenvalue weighted by Gasteiger charge is 2.23. The molecule has 0 saturated carbocycles. The molecule has 3 aromatic rings. The second kappa shape index (κ2) is 12.1. The smallest absolute Gasteiger partial charge is 0.322 e. The van der Waals surface area contributed by atoms with Crippen LogP contribution in [0.1, 0.15) is 55.4 Å². The van der Waals surface area contributed by atoms with Crippen LogP contribution < -0.4 is 5.32 Å². The van der Waals surface area contributed by atoms with Crippen molar-refractivity contribution in [2.24, 2.45) is 0 Å². The second-order valence-corrected chi connectivity index (χ2v) is 10.9. The van der Waals surface area contributed by atoms with Gasteiger partial charge in [-0.3, -0.25) is 10.1 Å². The molecule has 0 saturated heterocycles. The number of hydrogen-bond acceptors (Lipinski definition) is 7. The van der Waals surface area contributed by atoms with E-state index >= 15 is 0 Å². The number of anilines is 1. The van der Waals surface area contributed by atoms with Gasteiger partial charge >= 0.3 is 6.01 Å². The molecule has 8 nitrogen and oxygen atoms in total. The van der Waals surface area contributed by atoms with E-state index < -0.39 is 15.9 Å². The zero-order chi connectivity index (χ0) is 24.6. The zero-order valence-corrected chi connectivity index (χ0v) is 21.3. The van der Waals surface area contributed by atoms with Crippen LogP contribution in [0.2, 0.25) is 0 Å². The number of carbonyl (C=O) groups is 1. The Labute approximate surface area is 205 Å². The fourth-order valence-corrected chi connectivity index (χ4v) is 5.65. The van der Waals surface area contributed by atoms with E-state index in [1.54, 1.807) is 11.8 Å². The number of rotatable bonds is 12. The van der Waals surface area contributed by atoms with Gasteiger partial charge in [0.05, 0.1) is 11.3 Å². The summed E-state index contributed by atoms with van der Waals surface area (Å²) in [5.41, 5.74) is 1.32. The summed E-state index contributed by atoms with van der Waals surface area (Å²) in [7, 11) is -3.60. The van der Waals surface area contributed by atoms with Gasteiger partial charge in [0, 0.05) is 23.5 Å².